The Bertz CT molecular complexity index is 677. The summed E-state index contributed by atoms with van der Waals surface area (Å²) >= 11 is 0. The maximum atomic E-state index is 11.4. The molecule has 106 valence electrons. The second kappa shape index (κ2) is 6.39. The van der Waals surface area contributed by atoms with Gasteiger partial charge < -0.3 is 10.1 Å². The average molecular weight is 282 g/mol. The van der Waals surface area contributed by atoms with Gasteiger partial charge in [0, 0.05) is 18.4 Å². The number of hydrogen-bond acceptors (Lipinski definition) is 5. The molecule has 2 aromatic rings. The third-order valence-electron chi connectivity index (χ3n) is 2.84. The zero-order valence-corrected chi connectivity index (χ0v) is 11.7. The van der Waals surface area contributed by atoms with Crippen LogP contribution in [0.25, 0.3) is 0 Å². The van der Waals surface area contributed by atoms with Crippen LogP contribution in [0.3, 0.4) is 0 Å². The van der Waals surface area contributed by atoms with Gasteiger partial charge in [-0.25, -0.2) is 9.78 Å². The van der Waals surface area contributed by atoms with Crippen molar-refractivity contribution in [3.05, 3.63) is 48.2 Å². The summed E-state index contributed by atoms with van der Waals surface area (Å²) in [4.78, 5) is 16.9. The Balaban J connectivity index is 2.12. The van der Waals surface area contributed by atoms with E-state index in [9.17, 15) is 4.79 Å². The number of carbonyl (C=O) groups excluding carboxylic acids is 1. The number of nitrogens with zero attached hydrogens (tertiary/aromatic N) is 3. The maximum Gasteiger partial charge on any atom is 0.413 e. The predicted molar refractivity (Wildman–Crippen MR) is 79.5 cm³/mol. The van der Waals surface area contributed by atoms with E-state index in [-0.39, 0.29) is 0 Å². The van der Waals surface area contributed by atoms with Gasteiger partial charge in [-0.2, -0.15) is 5.26 Å². The molecule has 6 heteroatoms. The van der Waals surface area contributed by atoms with E-state index in [1.807, 2.05) is 18.2 Å². The Morgan fingerprint density at radius 2 is 2.00 bits per heavy atom. The lowest BCUT2D eigenvalue weighted by atomic mass is 10.2. The number of anilines is 3. The number of pyridine rings is 1. The third-order valence-corrected chi connectivity index (χ3v) is 2.84. The Morgan fingerprint density at radius 3 is 2.62 bits per heavy atom. The molecule has 2 rings (SSSR count). The molecule has 0 fully saturated rings. The van der Waals surface area contributed by atoms with Gasteiger partial charge in [0.25, 0.3) is 0 Å². The summed E-state index contributed by atoms with van der Waals surface area (Å²) in [5.41, 5.74) is 1.87. The number of ether oxygens (including phenoxy) is 1. The highest BCUT2D eigenvalue weighted by Gasteiger charge is 2.10. The number of amides is 1. The number of benzene rings is 1. The topological polar surface area (TPSA) is 78.2 Å². The molecule has 0 aliphatic rings. The number of nitrogens with one attached hydrogen (secondary N) is 1. The van der Waals surface area contributed by atoms with Crippen molar-refractivity contribution in [3.63, 3.8) is 0 Å². The maximum absolute atomic E-state index is 11.4. The van der Waals surface area contributed by atoms with Gasteiger partial charge in [-0.1, -0.05) is 6.07 Å². The third kappa shape index (κ3) is 3.48. The first-order valence-electron chi connectivity index (χ1n) is 6.20. The van der Waals surface area contributed by atoms with E-state index in [4.69, 9.17) is 5.26 Å². The number of nitriles is 1. The van der Waals surface area contributed by atoms with Crippen LogP contribution in [0.4, 0.5) is 22.0 Å². The average Bonchev–Trinajstić information content (AvgIpc) is 2.54. The van der Waals surface area contributed by atoms with Crippen LogP contribution in [-0.2, 0) is 4.74 Å². The number of hydrogen-bond donors (Lipinski definition) is 1. The molecule has 0 bridgehead atoms. The minimum Gasteiger partial charge on any atom is -0.452 e. The minimum atomic E-state index is -0.431. The van der Waals surface area contributed by atoms with E-state index >= 15 is 0 Å². The number of aromatic nitrogens is 1. The van der Waals surface area contributed by atoms with Crippen LogP contribution < -0.4 is 10.2 Å². The van der Waals surface area contributed by atoms with Crippen molar-refractivity contribution in [3.8, 4) is 6.07 Å². The molecule has 1 N–H and O–H groups in total. The van der Waals surface area contributed by atoms with Gasteiger partial charge in [-0.15, -0.1) is 0 Å². The summed E-state index contributed by atoms with van der Waals surface area (Å²) in [7, 11) is 2.97. The minimum absolute atomic E-state index is 0.349. The lowest BCUT2D eigenvalue weighted by Gasteiger charge is -2.16. The fourth-order valence-corrected chi connectivity index (χ4v) is 1.73. The number of methoxy groups -OCH3 is 1. The van der Waals surface area contributed by atoms with Crippen molar-refractivity contribution < 1.29 is 9.53 Å². The van der Waals surface area contributed by atoms with Crippen LogP contribution in [-0.4, -0.2) is 25.2 Å². The van der Waals surface area contributed by atoms with Gasteiger partial charge >= 0.3 is 6.09 Å². The molecule has 0 spiro atoms. The molecule has 1 aromatic heterocycles. The van der Waals surface area contributed by atoms with Gasteiger partial charge in [-0.05, 0) is 36.4 Å². The highest BCUT2D eigenvalue weighted by molar-refractivity contribution is 5.87. The normalized spacial score (nSPS) is 9.57. The molecular weight excluding hydrogens is 268 g/mol. The quantitative estimate of drug-likeness (QED) is 0.936. The Labute approximate surface area is 122 Å². The number of rotatable bonds is 3. The van der Waals surface area contributed by atoms with E-state index in [0.29, 0.717) is 17.2 Å². The monoisotopic (exact) mass is 282 g/mol. The molecule has 1 aromatic carbocycles. The largest absolute Gasteiger partial charge is 0.452 e. The Hall–Kier alpha value is -3.07. The first-order valence-corrected chi connectivity index (χ1v) is 6.20. The van der Waals surface area contributed by atoms with Crippen LogP contribution in [0, 0.1) is 11.3 Å². The van der Waals surface area contributed by atoms with Crippen molar-refractivity contribution in [2.24, 2.45) is 0 Å². The first kappa shape index (κ1) is 14.3. The zero-order chi connectivity index (χ0) is 15.2. The molecule has 0 radical (unpaired) electrons. The highest BCUT2D eigenvalue weighted by Crippen LogP contribution is 2.20. The molecule has 0 saturated heterocycles. The van der Waals surface area contributed by atoms with E-state index in [0.717, 1.165) is 5.69 Å². The van der Waals surface area contributed by atoms with Crippen LogP contribution in [0.15, 0.2) is 42.5 Å². The molecule has 1 heterocycles. The SMILES string of the molecule is COC(=O)N(C)c1ccc(Nc2cccc(C#N)n2)cc1. The molecule has 0 aliphatic heterocycles. The smallest absolute Gasteiger partial charge is 0.413 e. The standard InChI is InChI=1S/C15H14N4O2/c1-19(15(20)21-2)13-8-6-11(7-9-13)17-14-5-3-4-12(10-16)18-14/h3-9H,1-2H3,(H,17,18). The van der Waals surface area contributed by atoms with Crippen molar-refractivity contribution in [2.75, 3.05) is 24.4 Å². The molecule has 1 amide bonds. The highest BCUT2D eigenvalue weighted by atomic mass is 16.5. The summed E-state index contributed by atoms with van der Waals surface area (Å²) in [5.74, 6) is 0.586. The van der Waals surface area contributed by atoms with Crippen molar-refractivity contribution in [1.82, 2.24) is 4.98 Å². The zero-order valence-electron chi connectivity index (χ0n) is 11.7. The number of carbonyl (C=O) groups is 1. The van der Waals surface area contributed by atoms with Crippen LogP contribution in [0.1, 0.15) is 5.69 Å². The molecule has 21 heavy (non-hydrogen) atoms. The van der Waals surface area contributed by atoms with E-state index in [2.05, 4.69) is 15.0 Å². The van der Waals surface area contributed by atoms with E-state index in [1.165, 1.54) is 12.0 Å². The van der Waals surface area contributed by atoms with Gasteiger partial charge in [0.2, 0.25) is 0 Å². The van der Waals surface area contributed by atoms with Gasteiger partial charge in [0.15, 0.2) is 0 Å². The molecule has 0 atom stereocenters. The van der Waals surface area contributed by atoms with E-state index < -0.39 is 6.09 Å². The molecule has 0 aliphatic carbocycles. The first-order chi connectivity index (χ1) is 10.1. The second-order valence-corrected chi connectivity index (χ2v) is 4.22. The van der Waals surface area contributed by atoms with Crippen molar-refractivity contribution >= 4 is 23.3 Å². The lowest BCUT2D eigenvalue weighted by Crippen LogP contribution is -2.25. The lowest BCUT2D eigenvalue weighted by molar-refractivity contribution is 0.180. The molecule has 0 unspecified atom stereocenters. The van der Waals surface area contributed by atoms with Crippen LogP contribution in [0.5, 0.6) is 0 Å². The van der Waals surface area contributed by atoms with Crippen LogP contribution in [0.2, 0.25) is 0 Å². The molecular formula is C15H14N4O2. The van der Waals surface area contributed by atoms with Gasteiger partial charge in [0.05, 0.1) is 7.11 Å². The van der Waals surface area contributed by atoms with Gasteiger partial charge in [-0.3, -0.25) is 4.90 Å². The predicted octanol–water partition coefficient (Wildman–Crippen LogP) is 2.90. The Kier molecular flexibility index (Phi) is 4.36. The summed E-state index contributed by atoms with van der Waals surface area (Å²) < 4.78 is 4.65. The van der Waals surface area contributed by atoms with E-state index in [1.54, 1.807) is 37.4 Å². The van der Waals surface area contributed by atoms with Crippen LogP contribution >= 0.6 is 0 Å². The van der Waals surface area contributed by atoms with Crippen molar-refractivity contribution in [2.45, 2.75) is 0 Å². The fourth-order valence-electron chi connectivity index (χ4n) is 1.73. The van der Waals surface area contributed by atoms with Crippen molar-refractivity contribution in [1.29, 1.82) is 5.26 Å². The fraction of sp³-hybridized carbons (Fsp3) is 0.133. The summed E-state index contributed by atoms with van der Waals surface area (Å²) in [6.45, 7) is 0. The molecule has 0 saturated carbocycles. The Morgan fingerprint density at radius 1 is 1.29 bits per heavy atom. The summed E-state index contributed by atoms with van der Waals surface area (Å²) in [5, 5.41) is 11.9. The van der Waals surface area contributed by atoms with Gasteiger partial charge in [0.1, 0.15) is 17.6 Å². The second-order valence-electron chi connectivity index (χ2n) is 4.22. The molecule has 6 nitrogen and oxygen atoms in total. The summed E-state index contributed by atoms with van der Waals surface area (Å²) in [6.07, 6.45) is -0.431. The summed E-state index contributed by atoms with van der Waals surface area (Å²) in [6, 6.07) is 14.4.